The van der Waals surface area contributed by atoms with E-state index in [0.29, 0.717) is 11.5 Å². The summed E-state index contributed by atoms with van der Waals surface area (Å²) < 4.78 is 19.4. The van der Waals surface area contributed by atoms with Gasteiger partial charge in [-0.05, 0) is 50.6 Å². The van der Waals surface area contributed by atoms with E-state index in [0.717, 1.165) is 25.8 Å². The van der Waals surface area contributed by atoms with Crippen molar-refractivity contribution in [3.63, 3.8) is 0 Å². The number of hydrogen-bond donors (Lipinski definition) is 1. The first-order chi connectivity index (χ1) is 13.4. The fraction of sp³-hybridized carbons (Fsp3) is 0.619. The largest absolute Gasteiger partial charge is 0.356 e. The Bertz CT molecular complexity index is 712. The molecule has 154 valence electrons. The van der Waals surface area contributed by atoms with Crippen molar-refractivity contribution in [1.82, 2.24) is 15.1 Å². The number of rotatable bonds is 5. The van der Waals surface area contributed by atoms with Gasteiger partial charge in [-0.1, -0.05) is 25.0 Å². The predicted molar refractivity (Wildman–Crippen MR) is 104 cm³/mol. The van der Waals surface area contributed by atoms with Gasteiger partial charge in [0.05, 0.1) is 6.04 Å². The first-order valence-electron chi connectivity index (χ1n) is 9.94. The van der Waals surface area contributed by atoms with Crippen LogP contribution in [0.3, 0.4) is 0 Å². The third kappa shape index (κ3) is 4.70. The average molecular weight is 391 g/mol. The number of morpholine rings is 1. The molecule has 28 heavy (non-hydrogen) atoms. The molecular weight excluding hydrogens is 361 g/mol. The van der Waals surface area contributed by atoms with Gasteiger partial charge in [0, 0.05) is 19.6 Å². The van der Waals surface area contributed by atoms with Gasteiger partial charge in [0.1, 0.15) is 12.4 Å². The molecule has 1 aromatic rings. The maximum absolute atomic E-state index is 13.8. The van der Waals surface area contributed by atoms with Gasteiger partial charge >= 0.3 is 0 Å². The molecule has 2 fully saturated rings. The van der Waals surface area contributed by atoms with Gasteiger partial charge in [-0.15, -0.1) is 0 Å². The summed E-state index contributed by atoms with van der Waals surface area (Å²) in [5.41, 5.74) is 0.559. The molecule has 0 bridgehead atoms. The van der Waals surface area contributed by atoms with E-state index in [-0.39, 0.29) is 24.5 Å². The Labute approximate surface area is 166 Å². The number of nitrogens with zero attached hydrogens (tertiary/aromatic N) is 2. The molecule has 6 nitrogen and oxygen atoms in total. The number of benzene rings is 1. The zero-order valence-corrected chi connectivity index (χ0v) is 16.9. The molecule has 0 aromatic heterocycles. The van der Waals surface area contributed by atoms with Gasteiger partial charge in [-0.2, -0.15) is 0 Å². The Morgan fingerprint density at radius 1 is 1.32 bits per heavy atom. The van der Waals surface area contributed by atoms with Crippen molar-refractivity contribution in [2.45, 2.75) is 43.9 Å². The van der Waals surface area contributed by atoms with Crippen LogP contribution in [0, 0.1) is 11.7 Å². The van der Waals surface area contributed by atoms with Crippen LogP contribution in [0.25, 0.3) is 0 Å². The third-order valence-electron chi connectivity index (χ3n) is 5.77. The van der Waals surface area contributed by atoms with Gasteiger partial charge in [-0.3, -0.25) is 9.59 Å². The molecule has 3 rings (SSSR count). The van der Waals surface area contributed by atoms with Crippen LogP contribution in [0.1, 0.15) is 37.3 Å². The smallest absolute Gasteiger partial charge is 0.251 e. The second kappa shape index (κ2) is 9.01. The topological polar surface area (TPSA) is 61.9 Å². The molecule has 0 radical (unpaired) electrons. The molecule has 1 N–H and O–H groups in total. The molecule has 1 saturated heterocycles. The fourth-order valence-electron chi connectivity index (χ4n) is 4.37. The van der Waals surface area contributed by atoms with Crippen LogP contribution in [0.2, 0.25) is 0 Å². The lowest BCUT2D eigenvalue weighted by Crippen LogP contribution is -2.56. The zero-order valence-electron chi connectivity index (χ0n) is 16.9. The summed E-state index contributed by atoms with van der Waals surface area (Å²) in [7, 11) is 5.72. The number of ether oxygens (including phenoxy) is 1. The van der Waals surface area contributed by atoms with Gasteiger partial charge in [-0.25, -0.2) is 4.39 Å². The Balaban J connectivity index is 1.78. The van der Waals surface area contributed by atoms with E-state index in [1.54, 1.807) is 19.2 Å². The van der Waals surface area contributed by atoms with Crippen molar-refractivity contribution in [1.29, 1.82) is 0 Å². The highest BCUT2D eigenvalue weighted by molar-refractivity contribution is 5.86. The summed E-state index contributed by atoms with van der Waals surface area (Å²) in [6.07, 6.45) is 3.43. The molecule has 1 aromatic carbocycles. The van der Waals surface area contributed by atoms with Crippen molar-refractivity contribution in [2.24, 2.45) is 5.92 Å². The molecule has 4 atom stereocenters. The molecule has 1 aliphatic carbocycles. The number of carbonyl (C=O) groups excluding carboxylic acids is 2. The summed E-state index contributed by atoms with van der Waals surface area (Å²) in [4.78, 5) is 28.9. The van der Waals surface area contributed by atoms with Gasteiger partial charge in [0.15, 0.2) is 6.10 Å². The lowest BCUT2D eigenvalue weighted by Gasteiger charge is -2.40. The number of amides is 2. The summed E-state index contributed by atoms with van der Waals surface area (Å²) in [6, 6.07) is 5.45. The minimum absolute atomic E-state index is 0.0864. The van der Waals surface area contributed by atoms with Crippen LogP contribution in [-0.2, 0) is 14.3 Å². The van der Waals surface area contributed by atoms with Crippen LogP contribution >= 0.6 is 0 Å². The number of likely N-dealkylation sites (N-methyl/N-ethyl adjacent to an activating group) is 1. The van der Waals surface area contributed by atoms with Crippen LogP contribution in [-0.4, -0.2) is 68.1 Å². The SMILES string of the molecule is CN(C)CC1CCCCC1NC(=O)C1OCC(=O)N(C)C1c1cccc(F)c1. The van der Waals surface area contributed by atoms with Crippen LogP contribution in [0.5, 0.6) is 0 Å². The average Bonchev–Trinajstić information content (AvgIpc) is 2.65. The molecule has 2 amide bonds. The van der Waals surface area contributed by atoms with E-state index < -0.39 is 18.0 Å². The Morgan fingerprint density at radius 3 is 2.79 bits per heavy atom. The number of hydrogen-bond acceptors (Lipinski definition) is 4. The zero-order chi connectivity index (χ0) is 20.3. The molecule has 4 unspecified atom stereocenters. The van der Waals surface area contributed by atoms with Crippen molar-refractivity contribution in [2.75, 3.05) is 34.3 Å². The van der Waals surface area contributed by atoms with Crippen molar-refractivity contribution < 1.29 is 18.7 Å². The first-order valence-corrected chi connectivity index (χ1v) is 9.94. The normalized spacial score (nSPS) is 28.5. The van der Waals surface area contributed by atoms with Gasteiger partial charge in [0.25, 0.3) is 5.91 Å². The molecule has 7 heteroatoms. The minimum atomic E-state index is -0.855. The molecule has 2 aliphatic rings. The second-order valence-electron chi connectivity index (χ2n) is 8.16. The summed E-state index contributed by atoms with van der Waals surface area (Å²) in [6.45, 7) is 0.772. The Hall–Kier alpha value is -1.99. The van der Waals surface area contributed by atoms with Crippen molar-refractivity contribution in [3.8, 4) is 0 Å². The standard InChI is InChI=1S/C21H30FN3O3/c1-24(2)12-15-7-4-5-10-17(15)23-21(27)20-19(25(3)18(26)13-28-20)14-8-6-9-16(22)11-14/h6,8-9,11,15,17,19-20H,4-5,7,10,12-13H2,1-3H3,(H,23,27). The molecular formula is C21H30FN3O3. The number of nitrogens with one attached hydrogen (secondary N) is 1. The van der Waals surface area contributed by atoms with E-state index in [2.05, 4.69) is 10.2 Å². The molecule has 1 saturated carbocycles. The van der Waals surface area contributed by atoms with Crippen LogP contribution in [0.4, 0.5) is 4.39 Å². The van der Waals surface area contributed by atoms with Crippen LogP contribution < -0.4 is 5.32 Å². The van der Waals surface area contributed by atoms with Crippen molar-refractivity contribution >= 4 is 11.8 Å². The van der Waals surface area contributed by atoms with Gasteiger partial charge in [0.2, 0.25) is 5.91 Å². The minimum Gasteiger partial charge on any atom is -0.356 e. The summed E-state index contributed by atoms with van der Waals surface area (Å²) in [5, 5.41) is 3.17. The van der Waals surface area contributed by atoms with E-state index in [9.17, 15) is 14.0 Å². The molecule has 1 aliphatic heterocycles. The Kier molecular flexibility index (Phi) is 6.67. The maximum Gasteiger partial charge on any atom is 0.251 e. The second-order valence-corrected chi connectivity index (χ2v) is 8.16. The number of carbonyl (C=O) groups is 2. The Morgan fingerprint density at radius 2 is 2.07 bits per heavy atom. The highest BCUT2D eigenvalue weighted by atomic mass is 19.1. The quantitative estimate of drug-likeness (QED) is 0.834. The lowest BCUT2D eigenvalue weighted by molar-refractivity contribution is -0.162. The van der Waals surface area contributed by atoms with Gasteiger partial charge < -0.3 is 19.9 Å². The predicted octanol–water partition coefficient (Wildman–Crippen LogP) is 1.96. The van der Waals surface area contributed by atoms with Crippen LogP contribution in [0.15, 0.2) is 24.3 Å². The molecule has 0 spiro atoms. The summed E-state index contributed by atoms with van der Waals surface area (Å²) in [5.74, 6) is -0.463. The fourth-order valence-corrected chi connectivity index (χ4v) is 4.37. The highest BCUT2D eigenvalue weighted by Gasteiger charge is 2.41. The third-order valence-corrected chi connectivity index (χ3v) is 5.77. The molecule has 1 heterocycles. The summed E-state index contributed by atoms with van der Waals surface area (Å²) >= 11 is 0. The highest BCUT2D eigenvalue weighted by Crippen LogP contribution is 2.31. The monoisotopic (exact) mass is 391 g/mol. The van der Waals surface area contributed by atoms with E-state index in [1.807, 2.05) is 14.1 Å². The van der Waals surface area contributed by atoms with E-state index in [4.69, 9.17) is 4.74 Å². The lowest BCUT2D eigenvalue weighted by atomic mass is 9.84. The maximum atomic E-state index is 13.8. The van der Waals surface area contributed by atoms with E-state index in [1.165, 1.54) is 23.5 Å². The first kappa shape index (κ1) is 20.7. The van der Waals surface area contributed by atoms with Crippen molar-refractivity contribution in [3.05, 3.63) is 35.6 Å². The van der Waals surface area contributed by atoms with E-state index >= 15 is 0 Å². The number of halogens is 1.